The van der Waals surface area contributed by atoms with E-state index in [1.165, 1.54) is 11.8 Å². The Hall–Kier alpha value is -1.14. The molecule has 0 bridgehead atoms. The van der Waals surface area contributed by atoms with Gasteiger partial charge in [0.25, 0.3) is 0 Å². The van der Waals surface area contributed by atoms with Crippen LogP contribution in [0.15, 0.2) is 29.2 Å². The number of amides is 2. The molecule has 1 rings (SSSR count). The first kappa shape index (κ1) is 17.9. The molecule has 0 aliphatic heterocycles. The van der Waals surface area contributed by atoms with Gasteiger partial charge in [-0.05, 0) is 38.3 Å². The fourth-order valence-electron chi connectivity index (χ4n) is 1.80. The van der Waals surface area contributed by atoms with Crippen molar-refractivity contribution in [2.24, 2.45) is 0 Å². The number of nitrogens with one attached hydrogen (secondary N) is 1. The number of hydrogen-bond acceptors (Lipinski definition) is 4. The highest BCUT2D eigenvalue weighted by Gasteiger charge is 2.10. The van der Waals surface area contributed by atoms with Crippen molar-refractivity contribution in [2.45, 2.75) is 18.7 Å². The highest BCUT2D eigenvalue weighted by atomic mass is 32.2. The van der Waals surface area contributed by atoms with Crippen molar-refractivity contribution in [1.29, 1.82) is 0 Å². The van der Waals surface area contributed by atoms with Crippen molar-refractivity contribution in [3.8, 4) is 0 Å². The molecule has 1 aromatic carbocycles. The number of rotatable bonds is 8. The fourth-order valence-corrected chi connectivity index (χ4v) is 2.97. The summed E-state index contributed by atoms with van der Waals surface area (Å²) in [5, 5.41) is 2.85. The Morgan fingerprint density at radius 3 is 2.52 bits per heavy atom. The van der Waals surface area contributed by atoms with E-state index in [0.717, 1.165) is 10.6 Å². The van der Waals surface area contributed by atoms with E-state index in [-0.39, 0.29) is 17.6 Å². The van der Waals surface area contributed by atoms with Gasteiger partial charge in [0, 0.05) is 23.7 Å². The Labute approximate surface area is 135 Å². The molecule has 21 heavy (non-hydrogen) atoms. The molecule has 0 spiro atoms. The summed E-state index contributed by atoms with van der Waals surface area (Å²) in [7, 11) is 0. The van der Waals surface area contributed by atoms with Gasteiger partial charge in [0.2, 0.25) is 11.8 Å². The van der Waals surface area contributed by atoms with Crippen LogP contribution in [0.3, 0.4) is 0 Å². The molecule has 0 unspecified atom stereocenters. The third kappa shape index (κ3) is 6.44. The number of benzene rings is 1. The molecule has 0 aliphatic carbocycles. The summed E-state index contributed by atoms with van der Waals surface area (Å²) < 4.78 is 0. The first-order valence-corrected chi connectivity index (χ1v) is 9.28. The monoisotopic (exact) mass is 326 g/mol. The minimum Gasteiger partial charge on any atom is -0.343 e. The van der Waals surface area contributed by atoms with Gasteiger partial charge in [-0.1, -0.05) is 6.07 Å². The Kier molecular flexibility index (Phi) is 8.30. The highest BCUT2D eigenvalue weighted by molar-refractivity contribution is 8.00. The Balaban J connectivity index is 2.35. The Morgan fingerprint density at radius 2 is 1.90 bits per heavy atom. The van der Waals surface area contributed by atoms with Gasteiger partial charge in [0.15, 0.2) is 0 Å². The largest absolute Gasteiger partial charge is 0.343 e. The summed E-state index contributed by atoms with van der Waals surface area (Å²) in [4.78, 5) is 26.5. The molecule has 0 radical (unpaired) electrons. The van der Waals surface area contributed by atoms with Gasteiger partial charge >= 0.3 is 0 Å². The van der Waals surface area contributed by atoms with Crippen molar-refractivity contribution in [3.05, 3.63) is 24.3 Å². The molecule has 4 nitrogen and oxygen atoms in total. The molecule has 0 aromatic heterocycles. The lowest BCUT2D eigenvalue weighted by Crippen LogP contribution is -2.32. The number of carbonyl (C=O) groups excluding carboxylic acids is 2. The predicted molar refractivity (Wildman–Crippen MR) is 92.1 cm³/mol. The van der Waals surface area contributed by atoms with Crippen LogP contribution in [0.5, 0.6) is 0 Å². The van der Waals surface area contributed by atoms with E-state index < -0.39 is 0 Å². The average molecular weight is 326 g/mol. The van der Waals surface area contributed by atoms with Crippen LogP contribution in [0.1, 0.15) is 13.8 Å². The molecule has 0 saturated carbocycles. The molecule has 0 aliphatic rings. The molecule has 2 amide bonds. The van der Waals surface area contributed by atoms with E-state index in [4.69, 9.17) is 0 Å². The number of carbonyl (C=O) groups is 2. The zero-order chi connectivity index (χ0) is 15.7. The van der Waals surface area contributed by atoms with Crippen LogP contribution in [0, 0.1) is 0 Å². The summed E-state index contributed by atoms with van der Waals surface area (Å²) in [6, 6.07) is 7.72. The minimum atomic E-state index is -0.0781. The van der Waals surface area contributed by atoms with Gasteiger partial charge in [-0.3, -0.25) is 9.59 Å². The molecule has 6 heteroatoms. The molecule has 0 fully saturated rings. The van der Waals surface area contributed by atoms with E-state index in [1.54, 1.807) is 16.7 Å². The minimum absolute atomic E-state index is 0.0781. The number of thioether (sulfide) groups is 2. The summed E-state index contributed by atoms with van der Waals surface area (Å²) >= 11 is 2.98. The van der Waals surface area contributed by atoms with Crippen LogP contribution in [0.2, 0.25) is 0 Å². The molecule has 0 saturated heterocycles. The number of anilines is 1. The average Bonchev–Trinajstić information content (AvgIpc) is 2.48. The van der Waals surface area contributed by atoms with Gasteiger partial charge in [-0.15, -0.1) is 23.5 Å². The van der Waals surface area contributed by atoms with Gasteiger partial charge in [-0.2, -0.15) is 0 Å². The SMILES string of the molecule is CCN(CC)C(=O)CSCC(=O)Nc1cccc(SC)c1. The normalized spacial score (nSPS) is 10.2. The maximum atomic E-state index is 11.8. The summed E-state index contributed by atoms with van der Waals surface area (Å²) in [5.41, 5.74) is 0.794. The molecule has 116 valence electrons. The van der Waals surface area contributed by atoms with Crippen molar-refractivity contribution in [3.63, 3.8) is 0 Å². The molecule has 1 N–H and O–H groups in total. The molecular formula is C15H22N2O2S2. The first-order chi connectivity index (χ1) is 10.1. The van der Waals surface area contributed by atoms with Crippen LogP contribution in [-0.4, -0.2) is 47.6 Å². The van der Waals surface area contributed by atoms with Crippen molar-refractivity contribution >= 4 is 41.0 Å². The number of nitrogens with zero attached hydrogens (tertiary/aromatic N) is 1. The van der Waals surface area contributed by atoms with Crippen LogP contribution in [-0.2, 0) is 9.59 Å². The van der Waals surface area contributed by atoms with E-state index in [1.807, 2.05) is 44.4 Å². The van der Waals surface area contributed by atoms with E-state index in [0.29, 0.717) is 18.8 Å². The van der Waals surface area contributed by atoms with E-state index in [9.17, 15) is 9.59 Å². The van der Waals surface area contributed by atoms with Gasteiger partial charge in [-0.25, -0.2) is 0 Å². The lowest BCUT2D eigenvalue weighted by molar-refractivity contribution is -0.127. The zero-order valence-corrected chi connectivity index (χ0v) is 14.4. The van der Waals surface area contributed by atoms with Crippen LogP contribution >= 0.6 is 23.5 Å². The van der Waals surface area contributed by atoms with Crippen molar-refractivity contribution < 1.29 is 9.59 Å². The molecule has 0 atom stereocenters. The maximum absolute atomic E-state index is 11.8. The summed E-state index contributed by atoms with van der Waals surface area (Å²) in [6.07, 6.45) is 2.00. The van der Waals surface area contributed by atoms with Crippen molar-refractivity contribution in [1.82, 2.24) is 4.90 Å². The van der Waals surface area contributed by atoms with Crippen LogP contribution < -0.4 is 5.32 Å². The second-order valence-electron chi connectivity index (χ2n) is 4.34. The Bertz CT molecular complexity index is 476. The number of hydrogen-bond donors (Lipinski definition) is 1. The van der Waals surface area contributed by atoms with E-state index >= 15 is 0 Å². The molecular weight excluding hydrogens is 304 g/mol. The zero-order valence-electron chi connectivity index (χ0n) is 12.7. The Morgan fingerprint density at radius 1 is 1.19 bits per heavy atom. The third-order valence-corrected chi connectivity index (χ3v) is 4.57. The highest BCUT2D eigenvalue weighted by Crippen LogP contribution is 2.19. The lowest BCUT2D eigenvalue weighted by atomic mass is 10.3. The smallest absolute Gasteiger partial charge is 0.234 e. The maximum Gasteiger partial charge on any atom is 0.234 e. The quantitative estimate of drug-likeness (QED) is 0.746. The topological polar surface area (TPSA) is 49.4 Å². The van der Waals surface area contributed by atoms with Crippen LogP contribution in [0.4, 0.5) is 5.69 Å². The van der Waals surface area contributed by atoms with Gasteiger partial charge in [0.05, 0.1) is 11.5 Å². The lowest BCUT2D eigenvalue weighted by Gasteiger charge is -2.18. The summed E-state index contributed by atoms with van der Waals surface area (Å²) in [6.45, 7) is 5.34. The second-order valence-corrected chi connectivity index (χ2v) is 6.20. The first-order valence-electron chi connectivity index (χ1n) is 6.90. The standard InChI is InChI=1S/C15H22N2O2S2/c1-4-17(5-2)15(19)11-21-10-14(18)16-12-7-6-8-13(9-12)20-3/h6-9H,4-5,10-11H2,1-3H3,(H,16,18). The fraction of sp³-hybridized carbons (Fsp3) is 0.467. The van der Waals surface area contributed by atoms with Crippen LogP contribution in [0.25, 0.3) is 0 Å². The van der Waals surface area contributed by atoms with Crippen molar-refractivity contribution in [2.75, 3.05) is 36.2 Å². The predicted octanol–water partition coefficient (Wildman–Crippen LogP) is 2.95. The van der Waals surface area contributed by atoms with Gasteiger partial charge in [0.1, 0.15) is 0 Å². The third-order valence-electron chi connectivity index (χ3n) is 2.93. The second kappa shape index (κ2) is 9.73. The molecule has 1 aromatic rings. The molecule has 0 heterocycles. The summed E-state index contributed by atoms with van der Waals surface area (Å²) in [5.74, 6) is 0.643. The van der Waals surface area contributed by atoms with E-state index in [2.05, 4.69) is 5.32 Å². The van der Waals surface area contributed by atoms with Gasteiger partial charge < -0.3 is 10.2 Å².